The topological polar surface area (TPSA) is 80.4 Å². The maximum atomic E-state index is 12.7. The molecule has 2 aromatic heterocycles. The molecule has 140 valence electrons. The average molecular weight is 366 g/mol. The molecule has 1 atom stereocenters. The number of nitrogens with one attached hydrogen (secondary N) is 1. The molecule has 1 aliphatic rings. The van der Waals surface area contributed by atoms with E-state index in [-0.39, 0.29) is 11.7 Å². The van der Waals surface area contributed by atoms with Crippen molar-refractivity contribution in [1.29, 1.82) is 0 Å². The number of rotatable bonds is 3. The molecule has 0 aliphatic carbocycles. The van der Waals surface area contributed by atoms with E-state index in [0.29, 0.717) is 23.7 Å². The number of carbonyl (C=O) groups is 1. The molecule has 3 aromatic rings. The van der Waals surface area contributed by atoms with E-state index in [9.17, 15) is 9.59 Å². The zero-order chi connectivity index (χ0) is 18.8. The van der Waals surface area contributed by atoms with Crippen LogP contribution >= 0.6 is 0 Å². The van der Waals surface area contributed by atoms with Crippen molar-refractivity contribution in [3.8, 4) is 0 Å². The summed E-state index contributed by atoms with van der Waals surface area (Å²) in [5, 5.41) is 3.79. The van der Waals surface area contributed by atoms with Gasteiger partial charge in [0.15, 0.2) is 0 Å². The standard InChI is InChI=1S/C20H22N4O3/c1-14-9-19(25)27-18-10-16(4-5-17(14)18)22-20(26)24-7-2-3-15(12-24)11-23-8-6-21-13-23/h4-6,8-10,13,15H,2-3,7,11-12H2,1H3,(H,22,26). The highest BCUT2D eigenvalue weighted by atomic mass is 16.4. The van der Waals surface area contributed by atoms with E-state index in [1.807, 2.05) is 36.5 Å². The summed E-state index contributed by atoms with van der Waals surface area (Å²) in [5.41, 5.74) is 1.58. The fraction of sp³-hybridized carbons (Fsp3) is 0.350. The molecule has 2 amide bonds. The van der Waals surface area contributed by atoms with E-state index in [2.05, 4.69) is 14.9 Å². The van der Waals surface area contributed by atoms with Gasteiger partial charge >= 0.3 is 11.7 Å². The number of piperidine rings is 1. The number of amides is 2. The van der Waals surface area contributed by atoms with Gasteiger partial charge in [0.05, 0.1) is 6.33 Å². The summed E-state index contributed by atoms with van der Waals surface area (Å²) < 4.78 is 7.31. The van der Waals surface area contributed by atoms with Gasteiger partial charge in [-0.1, -0.05) is 0 Å². The lowest BCUT2D eigenvalue weighted by Gasteiger charge is -2.33. The number of aromatic nitrogens is 2. The highest BCUT2D eigenvalue weighted by Crippen LogP contribution is 2.22. The van der Waals surface area contributed by atoms with E-state index in [1.165, 1.54) is 6.07 Å². The molecular formula is C20H22N4O3. The van der Waals surface area contributed by atoms with Crippen LogP contribution in [0.2, 0.25) is 0 Å². The van der Waals surface area contributed by atoms with Gasteiger partial charge in [0.1, 0.15) is 5.58 Å². The Morgan fingerprint density at radius 3 is 3.07 bits per heavy atom. The molecule has 1 fully saturated rings. The number of benzene rings is 1. The molecule has 7 nitrogen and oxygen atoms in total. The fourth-order valence-corrected chi connectivity index (χ4v) is 3.70. The van der Waals surface area contributed by atoms with Crippen molar-refractivity contribution in [2.75, 3.05) is 18.4 Å². The number of aryl methyl sites for hydroxylation is 1. The molecule has 4 rings (SSSR count). The molecule has 7 heteroatoms. The summed E-state index contributed by atoms with van der Waals surface area (Å²) in [7, 11) is 0. The minimum Gasteiger partial charge on any atom is -0.423 e. The first-order valence-corrected chi connectivity index (χ1v) is 9.15. The van der Waals surface area contributed by atoms with E-state index >= 15 is 0 Å². The molecule has 1 aliphatic heterocycles. The predicted molar refractivity (Wildman–Crippen MR) is 103 cm³/mol. The van der Waals surface area contributed by atoms with Crippen molar-refractivity contribution in [3.05, 3.63) is 59.0 Å². The van der Waals surface area contributed by atoms with E-state index in [4.69, 9.17) is 4.42 Å². The number of urea groups is 1. The van der Waals surface area contributed by atoms with Crippen molar-refractivity contribution in [2.45, 2.75) is 26.3 Å². The van der Waals surface area contributed by atoms with Crippen LogP contribution in [0.1, 0.15) is 18.4 Å². The normalized spacial score (nSPS) is 17.2. The van der Waals surface area contributed by atoms with Crippen LogP contribution < -0.4 is 10.9 Å². The first-order valence-electron chi connectivity index (χ1n) is 9.15. The molecule has 1 aromatic carbocycles. The summed E-state index contributed by atoms with van der Waals surface area (Å²) in [4.78, 5) is 30.2. The largest absolute Gasteiger partial charge is 0.423 e. The zero-order valence-corrected chi connectivity index (χ0v) is 15.2. The predicted octanol–water partition coefficient (Wildman–Crippen LogP) is 3.24. The maximum Gasteiger partial charge on any atom is 0.336 e. The monoisotopic (exact) mass is 366 g/mol. The number of imidazole rings is 1. The Morgan fingerprint density at radius 2 is 2.26 bits per heavy atom. The van der Waals surface area contributed by atoms with Crippen LogP contribution in [-0.4, -0.2) is 33.6 Å². The number of hydrogen-bond acceptors (Lipinski definition) is 4. The lowest BCUT2D eigenvalue weighted by Crippen LogP contribution is -2.43. The Bertz CT molecular complexity index is 1010. The molecule has 1 N–H and O–H groups in total. The Labute approximate surface area is 156 Å². The van der Waals surface area contributed by atoms with Gasteiger partial charge in [-0.25, -0.2) is 14.6 Å². The molecular weight excluding hydrogens is 344 g/mol. The molecule has 0 bridgehead atoms. The first-order chi connectivity index (χ1) is 13.1. The second kappa shape index (κ2) is 7.26. The summed E-state index contributed by atoms with van der Waals surface area (Å²) in [6.07, 6.45) is 7.61. The molecule has 1 unspecified atom stereocenters. The third-order valence-corrected chi connectivity index (χ3v) is 5.04. The van der Waals surface area contributed by atoms with Crippen molar-refractivity contribution in [2.24, 2.45) is 5.92 Å². The maximum absolute atomic E-state index is 12.7. The van der Waals surface area contributed by atoms with E-state index in [0.717, 1.165) is 36.9 Å². The zero-order valence-electron chi connectivity index (χ0n) is 15.2. The Morgan fingerprint density at radius 1 is 1.37 bits per heavy atom. The smallest absolute Gasteiger partial charge is 0.336 e. The van der Waals surface area contributed by atoms with Gasteiger partial charge in [0.25, 0.3) is 0 Å². The van der Waals surface area contributed by atoms with Crippen LogP contribution in [0.25, 0.3) is 11.0 Å². The Kier molecular flexibility index (Phi) is 4.66. The number of nitrogens with zero attached hydrogens (tertiary/aromatic N) is 3. The minimum absolute atomic E-state index is 0.125. The second-order valence-electron chi connectivity index (χ2n) is 7.10. The fourth-order valence-electron chi connectivity index (χ4n) is 3.70. The third kappa shape index (κ3) is 3.86. The summed E-state index contributed by atoms with van der Waals surface area (Å²) in [5.74, 6) is 0.413. The summed E-state index contributed by atoms with van der Waals surface area (Å²) in [6.45, 7) is 4.19. The number of carbonyl (C=O) groups excluding carboxylic acids is 1. The Hall–Kier alpha value is -3.09. The quantitative estimate of drug-likeness (QED) is 0.722. The molecule has 0 saturated carbocycles. The van der Waals surface area contributed by atoms with Crippen molar-refractivity contribution in [1.82, 2.24) is 14.5 Å². The van der Waals surface area contributed by atoms with Gasteiger partial charge < -0.3 is 19.2 Å². The summed E-state index contributed by atoms with van der Waals surface area (Å²) >= 11 is 0. The van der Waals surface area contributed by atoms with Gasteiger partial charge in [-0.15, -0.1) is 0 Å². The highest BCUT2D eigenvalue weighted by molar-refractivity contribution is 5.92. The average Bonchev–Trinajstić information content (AvgIpc) is 3.14. The number of likely N-dealkylation sites (tertiary alicyclic amines) is 1. The van der Waals surface area contributed by atoms with Crippen molar-refractivity contribution in [3.63, 3.8) is 0 Å². The first kappa shape index (κ1) is 17.3. The number of hydrogen-bond donors (Lipinski definition) is 1. The van der Waals surface area contributed by atoms with Gasteiger partial charge in [-0.2, -0.15) is 0 Å². The van der Waals surface area contributed by atoms with Crippen molar-refractivity contribution >= 4 is 22.7 Å². The molecule has 1 saturated heterocycles. The van der Waals surface area contributed by atoms with E-state index in [1.54, 1.807) is 12.3 Å². The SMILES string of the molecule is Cc1cc(=O)oc2cc(NC(=O)N3CCCC(Cn4ccnc4)C3)ccc12. The lowest BCUT2D eigenvalue weighted by atomic mass is 9.98. The third-order valence-electron chi connectivity index (χ3n) is 5.04. The number of anilines is 1. The van der Waals surface area contributed by atoms with Crippen LogP contribution in [-0.2, 0) is 6.54 Å². The van der Waals surface area contributed by atoms with Gasteiger partial charge in [0, 0.05) is 55.2 Å². The molecule has 0 spiro atoms. The second-order valence-corrected chi connectivity index (χ2v) is 7.10. The van der Waals surface area contributed by atoms with Gasteiger partial charge in [0.2, 0.25) is 0 Å². The van der Waals surface area contributed by atoms with Crippen LogP contribution in [0.15, 0.2) is 52.2 Å². The van der Waals surface area contributed by atoms with Crippen molar-refractivity contribution < 1.29 is 9.21 Å². The highest BCUT2D eigenvalue weighted by Gasteiger charge is 2.24. The van der Waals surface area contributed by atoms with Gasteiger partial charge in [-0.05, 0) is 43.4 Å². The number of fused-ring (bicyclic) bond motifs is 1. The van der Waals surface area contributed by atoms with Crippen LogP contribution in [0.4, 0.5) is 10.5 Å². The Balaban J connectivity index is 1.45. The lowest BCUT2D eigenvalue weighted by molar-refractivity contribution is 0.170. The van der Waals surface area contributed by atoms with Crippen LogP contribution in [0, 0.1) is 12.8 Å². The van der Waals surface area contributed by atoms with Gasteiger partial charge in [-0.3, -0.25) is 0 Å². The van der Waals surface area contributed by atoms with Crippen LogP contribution in [0.3, 0.4) is 0 Å². The molecule has 27 heavy (non-hydrogen) atoms. The van der Waals surface area contributed by atoms with Crippen LogP contribution in [0.5, 0.6) is 0 Å². The molecule has 3 heterocycles. The molecule has 0 radical (unpaired) electrons. The summed E-state index contributed by atoms with van der Waals surface area (Å²) in [6, 6.07) is 6.74. The van der Waals surface area contributed by atoms with E-state index < -0.39 is 0 Å². The minimum atomic E-state index is -0.387.